The van der Waals surface area contributed by atoms with Gasteiger partial charge in [-0.05, 0) is 254 Å². The summed E-state index contributed by atoms with van der Waals surface area (Å²) in [6.45, 7) is 20.3. The zero-order chi connectivity index (χ0) is 96.1. The summed E-state index contributed by atoms with van der Waals surface area (Å²) in [6, 6.07) is 121. The summed E-state index contributed by atoms with van der Waals surface area (Å²) < 4.78 is 0. The fourth-order valence-electron chi connectivity index (χ4n) is 16.6. The molecule has 0 fully saturated rings. The zero-order valence-corrected chi connectivity index (χ0v) is 78.5. The van der Waals surface area contributed by atoms with Gasteiger partial charge in [-0.1, -0.05) is 261 Å². The van der Waals surface area contributed by atoms with Crippen LogP contribution in [0.1, 0.15) is 146 Å². The highest BCUT2D eigenvalue weighted by Crippen LogP contribution is 2.49. The maximum absolute atomic E-state index is 10.5. The average molecular weight is 1750 g/mol. The van der Waals surface area contributed by atoms with Crippen molar-refractivity contribution in [3.05, 3.63) is 469 Å². The molecule has 130 heavy (non-hydrogen) atoms. The molecule has 15 aromatic carbocycles. The third-order valence-electron chi connectivity index (χ3n) is 24.0. The van der Waals surface area contributed by atoms with Gasteiger partial charge in [-0.25, -0.2) is 0 Å². The van der Waals surface area contributed by atoms with Crippen LogP contribution in [0.3, 0.4) is 0 Å². The minimum atomic E-state index is -0.767. The average Bonchev–Trinajstić information content (AvgIpc) is 0.748. The number of hydrogen-bond donors (Lipinski definition) is 16. The summed E-state index contributed by atoms with van der Waals surface area (Å²) in [5.41, 5.74) is 75.7. The van der Waals surface area contributed by atoms with E-state index in [1.807, 2.05) is 117 Å². The van der Waals surface area contributed by atoms with E-state index >= 15 is 0 Å². The Bertz CT molecular complexity index is 5550. The summed E-state index contributed by atoms with van der Waals surface area (Å²) in [7, 11) is 11.1. The number of hydrogen-bond acceptors (Lipinski definition) is 17. The summed E-state index contributed by atoms with van der Waals surface area (Å²) in [4.78, 5) is 2.14. The van der Waals surface area contributed by atoms with Gasteiger partial charge in [0.15, 0.2) is 0 Å². The van der Waals surface area contributed by atoms with Gasteiger partial charge in [0.25, 0.3) is 0 Å². The van der Waals surface area contributed by atoms with Crippen LogP contribution in [-0.2, 0) is 33.6 Å². The van der Waals surface area contributed by atoms with E-state index in [9.17, 15) is 10.2 Å². The largest absolute Gasteiger partial charge is 0.508 e. The first kappa shape index (κ1) is 105. The molecular weight excluding hydrogens is 1610 g/mol. The van der Waals surface area contributed by atoms with Crippen LogP contribution < -0.4 is 56.1 Å². The molecule has 0 spiro atoms. The lowest BCUT2D eigenvalue weighted by Gasteiger charge is -2.34. The normalized spacial score (nSPS) is 11.1. The quantitative estimate of drug-likeness (QED) is 0.0280. The minimum Gasteiger partial charge on any atom is -0.508 e. The van der Waals surface area contributed by atoms with Crippen LogP contribution in [0.5, 0.6) is 11.5 Å². The predicted octanol–water partition coefficient (Wildman–Crippen LogP) is 20.3. The number of rotatable bonds is 18. The first-order chi connectivity index (χ1) is 62.4. The molecule has 1 unspecified atom stereocenters. The molecule has 15 rings (SSSR count). The Hall–Kier alpha value is -14.1. The molecule has 0 aromatic heterocycles. The highest BCUT2D eigenvalue weighted by Gasteiger charge is 2.38. The second kappa shape index (κ2) is 49.8. The number of aryl methyl sites for hydroxylation is 4. The molecule has 0 saturated heterocycles. The molecule has 0 bridgehead atoms. The number of nitrogen functional groups attached to an aromatic ring is 8. The van der Waals surface area contributed by atoms with Crippen molar-refractivity contribution in [2.24, 2.45) is 0 Å². The molecule has 0 aliphatic carbocycles. The molecular formula is C113H136N10O7. The monoisotopic (exact) mass is 1750 g/mol. The maximum Gasteiger partial charge on any atom is 0.122 e. The number of nitrogens with one attached hydrogen (secondary N) is 1. The summed E-state index contributed by atoms with van der Waals surface area (Å²) in [5, 5.41) is 59.2. The van der Waals surface area contributed by atoms with Crippen molar-refractivity contribution < 1.29 is 35.7 Å². The second-order valence-corrected chi connectivity index (χ2v) is 32.2. The van der Waals surface area contributed by atoms with Crippen LogP contribution in [0.2, 0.25) is 0 Å². The fourth-order valence-corrected chi connectivity index (χ4v) is 16.6. The van der Waals surface area contributed by atoms with Crippen molar-refractivity contribution in [1.82, 2.24) is 5.32 Å². The van der Waals surface area contributed by atoms with Gasteiger partial charge < -0.3 is 91.8 Å². The molecule has 0 aliphatic heterocycles. The lowest BCUT2D eigenvalue weighted by atomic mass is 9.68. The molecule has 680 valence electrons. The molecule has 15 aromatic rings. The van der Waals surface area contributed by atoms with Crippen molar-refractivity contribution in [2.45, 2.75) is 95.9 Å². The SMILES string of the molecule is CC(c1ccccc1)(c1ccc(N)cc1)c1ccc(N)cc1.CC(c1ccccc1)(c1ccc(N)cc1O)c1ccc(N)cc1O.CNCc1ccc(C(C)(c2ccccc2)c2ccc(N(C)C)cc2)cc1.CO.CO.CO.CO.CO.Cc1cc(C(C)(c2ccccc2)c2ccc(N)c(C)c2)ccc1N.Cc1cc(N)ccc1C(C)(c1ccccc1)c1ccc(N)cc1C. The number of aliphatic hydroxyl groups is 5. The van der Waals surface area contributed by atoms with Crippen molar-refractivity contribution in [3.63, 3.8) is 0 Å². The van der Waals surface area contributed by atoms with Crippen LogP contribution in [-0.4, -0.2) is 92.4 Å². The van der Waals surface area contributed by atoms with Gasteiger partial charge >= 0.3 is 0 Å². The summed E-state index contributed by atoms with van der Waals surface area (Å²) >= 11 is 0. The second-order valence-electron chi connectivity index (χ2n) is 32.2. The molecule has 0 saturated carbocycles. The third-order valence-corrected chi connectivity index (χ3v) is 24.0. The summed E-state index contributed by atoms with van der Waals surface area (Å²) in [5.74, 6) is 0.162. The lowest BCUT2D eigenvalue weighted by Crippen LogP contribution is -2.27. The van der Waals surface area contributed by atoms with Crippen molar-refractivity contribution in [2.75, 3.05) is 107 Å². The number of nitrogens with two attached hydrogens (primary N) is 8. The predicted molar refractivity (Wildman–Crippen MR) is 550 cm³/mol. The summed E-state index contributed by atoms with van der Waals surface area (Å²) in [6.07, 6.45) is 0. The van der Waals surface area contributed by atoms with E-state index in [0.29, 0.717) is 22.5 Å². The van der Waals surface area contributed by atoms with Gasteiger partial charge in [-0.2, -0.15) is 0 Å². The molecule has 17 heteroatoms. The standard InChI is InChI=1S/C24H28N2.2C22H24N2.C20H20N2O2.C20H20N2.5CH4O/c1-24(20-8-6-5-7-9-20,21-12-10-19(11-13-21)18-25-2)22-14-16-23(17-15-22)26(3)4;1-15-13-18(23)9-11-20(15)22(3,17-7-5-4-6-8-17)21-12-10-19(24)14-16(21)2;1-15-13-18(9-11-20(15)23)22(3,17-7-5-4-6-8-17)19-10-12-21(24)16(2)14-19;1-20(13-5-3-2-4-6-13,16-9-7-14(21)11-18(16)23)17-10-8-15(22)12-19(17)24;1-20(15-5-3-2-4-6-15,16-7-11-18(21)12-8-16)17-9-13-19(22)14-10-17;5*1-2/h5-17,25H,18H2,1-4H3;2*4-14H,23-24H2,1-3H3;2-12,23-24H,21-22H2,1H3;2-14H,21-22H2,1H3;5*2H,1H3. The van der Waals surface area contributed by atoms with Crippen LogP contribution in [0.25, 0.3) is 0 Å². The highest BCUT2D eigenvalue weighted by atomic mass is 16.3. The van der Waals surface area contributed by atoms with Crippen LogP contribution in [0.15, 0.2) is 358 Å². The number of nitrogens with zero attached hydrogens (tertiary/aromatic N) is 1. The number of phenolic OH excluding ortho intramolecular Hbond substituents is 2. The Labute approximate surface area is 771 Å². The molecule has 17 nitrogen and oxygen atoms in total. The van der Waals surface area contributed by atoms with E-state index < -0.39 is 5.41 Å². The maximum atomic E-state index is 10.5. The minimum absolute atomic E-state index is 0.0811. The number of aliphatic hydroxyl groups excluding tert-OH is 5. The van der Waals surface area contributed by atoms with Crippen molar-refractivity contribution in [3.8, 4) is 11.5 Å². The fraction of sp³-hybridized carbons (Fsp3) is 0.204. The smallest absolute Gasteiger partial charge is 0.122 e. The van der Waals surface area contributed by atoms with E-state index in [-0.39, 0.29) is 33.2 Å². The van der Waals surface area contributed by atoms with Crippen molar-refractivity contribution >= 4 is 51.2 Å². The Kier molecular flexibility index (Phi) is 40.1. The van der Waals surface area contributed by atoms with Gasteiger partial charge in [-0.15, -0.1) is 0 Å². The van der Waals surface area contributed by atoms with E-state index in [4.69, 9.17) is 71.4 Å². The molecule has 0 heterocycles. The van der Waals surface area contributed by atoms with E-state index in [2.05, 4.69) is 298 Å². The van der Waals surface area contributed by atoms with E-state index in [0.717, 1.165) is 92.9 Å². The highest BCUT2D eigenvalue weighted by molar-refractivity contribution is 5.66. The van der Waals surface area contributed by atoms with Crippen molar-refractivity contribution in [1.29, 1.82) is 0 Å². The van der Waals surface area contributed by atoms with E-state index in [1.165, 1.54) is 101 Å². The Morgan fingerprint density at radius 1 is 0.238 bits per heavy atom. The molecule has 0 aliphatic rings. The molecule has 1 atom stereocenters. The van der Waals surface area contributed by atoms with Gasteiger partial charge in [-0.3, -0.25) is 0 Å². The lowest BCUT2D eigenvalue weighted by molar-refractivity contribution is 0.399. The molecule has 24 N–H and O–H groups in total. The van der Waals surface area contributed by atoms with Gasteiger partial charge in [0, 0.05) is 158 Å². The number of anilines is 9. The first-order valence-electron chi connectivity index (χ1n) is 42.8. The Morgan fingerprint density at radius 3 is 0.723 bits per heavy atom. The molecule has 0 amide bonds. The first-order valence-corrected chi connectivity index (χ1v) is 42.8. The number of aromatic hydroxyl groups is 2. The zero-order valence-electron chi connectivity index (χ0n) is 78.5. The van der Waals surface area contributed by atoms with Gasteiger partial charge in [0.05, 0.1) is 0 Å². The van der Waals surface area contributed by atoms with Gasteiger partial charge in [0.2, 0.25) is 0 Å². The topological polar surface area (TPSA) is 365 Å². The van der Waals surface area contributed by atoms with Crippen LogP contribution in [0, 0.1) is 27.7 Å². The Balaban J connectivity index is 0.000000244. The van der Waals surface area contributed by atoms with Gasteiger partial charge in [0.1, 0.15) is 11.5 Å². The van der Waals surface area contributed by atoms with Crippen LogP contribution >= 0.6 is 0 Å². The third kappa shape index (κ3) is 25.0. The number of benzene rings is 15. The van der Waals surface area contributed by atoms with Crippen LogP contribution in [0.4, 0.5) is 51.2 Å². The number of phenols is 2. The molecule has 0 radical (unpaired) electrons. The Morgan fingerprint density at radius 2 is 0.462 bits per heavy atom. The van der Waals surface area contributed by atoms with E-state index in [1.54, 1.807) is 24.3 Å².